The molecule has 1 rings (SSSR count). The predicted molar refractivity (Wildman–Crippen MR) is 68.4 cm³/mol. The van der Waals surface area contributed by atoms with E-state index in [9.17, 15) is 14.7 Å². The zero-order valence-corrected chi connectivity index (χ0v) is 11.8. The molecular formula is C13H23NO5. The molecule has 6 heteroatoms. The van der Waals surface area contributed by atoms with Gasteiger partial charge in [-0.2, -0.15) is 0 Å². The first-order valence-corrected chi connectivity index (χ1v) is 6.63. The number of aliphatic hydroxyl groups is 1. The SMILES string of the molecule is CCC(C)(C)C(=O)OCC(O)N1CCCC1C(=O)O. The first-order valence-electron chi connectivity index (χ1n) is 6.63. The summed E-state index contributed by atoms with van der Waals surface area (Å²) in [5.74, 6) is -1.32. The number of aliphatic hydroxyl groups excluding tert-OH is 1. The number of aliphatic carboxylic acids is 1. The molecule has 0 spiro atoms. The van der Waals surface area contributed by atoms with Crippen molar-refractivity contribution in [3.63, 3.8) is 0 Å². The highest BCUT2D eigenvalue weighted by Gasteiger charge is 2.36. The number of hydrogen-bond acceptors (Lipinski definition) is 5. The van der Waals surface area contributed by atoms with Crippen LogP contribution in [-0.2, 0) is 14.3 Å². The lowest BCUT2D eigenvalue weighted by Gasteiger charge is -2.28. The third kappa shape index (κ3) is 3.91. The Labute approximate surface area is 113 Å². The van der Waals surface area contributed by atoms with Gasteiger partial charge >= 0.3 is 11.9 Å². The Balaban J connectivity index is 2.49. The Hall–Kier alpha value is -1.14. The predicted octanol–water partition coefficient (Wildman–Crippen LogP) is 0.833. The summed E-state index contributed by atoms with van der Waals surface area (Å²) >= 11 is 0. The largest absolute Gasteiger partial charge is 0.480 e. The fourth-order valence-electron chi connectivity index (χ4n) is 2.00. The molecule has 2 unspecified atom stereocenters. The van der Waals surface area contributed by atoms with E-state index in [2.05, 4.69) is 0 Å². The van der Waals surface area contributed by atoms with Gasteiger partial charge in [0.15, 0.2) is 0 Å². The van der Waals surface area contributed by atoms with Crippen LogP contribution in [0.3, 0.4) is 0 Å². The molecule has 2 N–H and O–H groups in total. The summed E-state index contributed by atoms with van der Waals surface area (Å²) in [6.07, 6.45) is 0.826. The lowest BCUT2D eigenvalue weighted by atomic mass is 9.91. The van der Waals surface area contributed by atoms with Crippen LogP contribution in [0, 0.1) is 5.41 Å². The topological polar surface area (TPSA) is 87.1 Å². The molecule has 2 atom stereocenters. The molecule has 0 aliphatic carbocycles. The second-order valence-corrected chi connectivity index (χ2v) is 5.55. The Kier molecular flexibility index (Phi) is 5.31. The van der Waals surface area contributed by atoms with Gasteiger partial charge in [0.25, 0.3) is 0 Å². The third-order valence-corrected chi connectivity index (χ3v) is 3.76. The van der Waals surface area contributed by atoms with E-state index in [0.29, 0.717) is 19.4 Å². The number of ether oxygens (including phenoxy) is 1. The Bertz CT molecular complexity index is 342. The van der Waals surface area contributed by atoms with E-state index in [1.165, 1.54) is 4.90 Å². The summed E-state index contributed by atoms with van der Waals surface area (Å²) in [5.41, 5.74) is -0.586. The molecule has 6 nitrogen and oxygen atoms in total. The van der Waals surface area contributed by atoms with Crippen molar-refractivity contribution in [3.8, 4) is 0 Å². The minimum absolute atomic E-state index is 0.188. The first-order chi connectivity index (χ1) is 8.79. The number of carbonyl (C=O) groups excluding carboxylic acids is 1. The van der Waals surface area contributed by atoms with Crippen molar-refractivity contribution in [2.24, 2.45) is 5.41 Å². The summed E-state index contributed by atoms with van der Waals surface area (Å²) in [6.45, 7) is 5.76. The van der Waals surface area contributed by atoms with Crippen molar-refractivity contribution in [2.45, 2.75) is 52.3 Å². The summed E-state index contributed by atoms with van der Waals surface area (Å²) in [4.78, 5) is 24.2. The lowest BCUT2D eigenvalue weighted by molar-refractivity contribution is -0.164. The highest BCUT2D eigenvalue weighted by Crippen LogP contribution is 2.23. The minimum atomic E-state index is -1.06. The van der Waals surface area contributed by atoms with Crippen LogP contribution in [0.1, 0.15) is 40.0 Å². The van der Waals surface area contributed by atoms with E-state index in [-0.39, 0.29) is 12.6 Å². The summed E-state index contributed by atoms with van der Waals surface area (Å²) in [7, 11) is 0. The van der Waals surface area contributed by atoms with Crippen LogP contribution in [0.5, 0.6) is 0 Å². The minimum Gasteiger partial charge on any atom is -0.480 e. The van der Waals surface area contributed by atoms with E-state index in [4.69, 9.17) is 9.84 Å². The van der Waals surface area contributed by atoms with Gasteiger partial charge in [-0.1, -0.05) is 6.92 Å². The van der Waals surface area contributed by atoms with Gasteiger partial charge in [0, 0.05) is 6.54 Å². The van der Waals surface area contributed by atoms with Crippen LogP contribution >= 0.6 is 0 Å². The van der Waals surface area contributed by atoms with Gasteiger partial charge in [-0.05, 0) is 33.1 Å². The maximum Gasteiger partial charge on any atom is 0.320 e. The van der Waals surface area contributed by atoms with Crippen LogP contribution in [0.25, 0.3) is 0 Å². The Morgan fingerprint density at radius 3 is 2.63 bits per heavy atom. The fourth-order valence-corrected chi connectivity index (χ4v) is 2.00. The molecule has 0 amide bonds. The van der Waals surface area contributed by atoms with Gasteiger partial charge < -0.3 is 14.9 Å². The van der Waals surface area contributed by atoms with Crippen molar-refractivity contribution in [1.29, 1.82) is 0 Å². The molecule has 0 aromatic rings. The quantitative estimate of drug-likeness (QED) is 0.697. The zero-order chi connectivity index (χ0) is 14.6. The van der Waals surface area contributed by atoms with Crippen molar-refractivity contribution >= 4 is 11.9 Å². The molecule has 1 fully saturated rings. The second kappa shape index (κ2) is 6.34. The monoisotopic (exact) mass is 273 g/mol. The van der Waals surface area contributed by atoms with Crippen LogP contribution in [0.2, 0.25) is 0 Å². The number of rotatable bonds is 6. The number of esters is 1. The molecule has 0 aromatic heterocycles. The number of carboxylic acids is 1. The molecule has 1 heterocycles. The zero-order valence-electron chi connectivity index (χ0n) is 11.8. The second-order valence-electron chi connectivity index (χ2n) is 5.55. The van der Waals surface area contributed by atoms with Gasteiger partial charge in [-0.3, -0.25) is 14.5 Å². The average Bonchev–Trinajstić information content (AvgIpc) is 2.84. The van der Waals surface area contributed by atoms with E-state index in [1.807, 2.05) is 6.92 Å². The number of carbonyl (C=O) groups is 2. The van der Waals surface area contributed by atoms with E-state index >= 15 is 0 Å². The maximum atomic E-state index is 11.8. The van der Waals surface area contributed by atoms with Crippen LogP contribution < -0.4 is 0 Å². The third-order valence-electron chi connectivity index (χ3n) is 3.76. The van der Waals surface area contributed by atoms with Crippen molar-refractivity contribution in [3.05, 3.63) is 0 Å². The fraction of sp³-hybridized carbons (Fsp3) is 0.846. The van der Waals surface area contributed by atoms with Gasteiger partial charge in [-0.25, -0.2) is 0 Å². The van der Waals surface area contributed by atoms with Crippen molar-refractivity contribution < 1.29 is 24.5 Å². The maximum absolute atomic E-state index is 11.8. The van der Waals surface area contributed by atoms with Crippen molar-refractivity contribution in [2.75, 3.05) is 13.2 Å². The molecule has 1 aliphatic heterocycles. The number of hydrogen-bond donors (Lipinski definition) is 2. The van der Waals surface area contributed by atoms with Gasteiger partial charge in [0.1, 0.15) is 18.9 Å². The molecule has 19 heavy (non-hydrogen) atoms. The number of likely N-dealkylation sites (tertiary alicyclic amines) is 1. The molecule has 0 bridgehead atoms. The molecule has 1 saturated heterocycles. The molecule has 0 aromatic carbocycles. The molecule has 1 aliphatic rings. The molecule has 110 valence electrons. The average molecular weight is 273 g/mol. The Morgan fingerprint density at radius 2 is 2.11 bits per heavy atom. The summed E-state index contributed by atoms with van der Waals surface area (Å²) < 4.78 is 5.08. The lowest BCUT2D eigenvalue weighted by Crippen LogP contribution is -2.46. The smallest absolute Gasteiger partial charge is 0.320 e. The number of nitrogens with zero attached hydrogens (tertiary/aromatic N) is 1. The standard InChI is InChI=1S/C13H23NO5/c1-4-13(2,3)12(18)19-8-10(15)14-7-5-6-9(14)11(16)17/h9-10,15H,4-8H2,1-3H3,(H,16,17). The van der Waals surface area contributed by atoms with E-state index < -0.39 is 23.7 Å². The molecular weight excluding hydrogens is 250 g/mol. The van der Waals surface area contributed by atoms with Crippen LogP contribution in [0.15, 0.2) is 0 Å². The Morgan fingerprint density at radius 1 is 1.47 bits per heavy atom. The first kappa shape index (κ1) is 15.9. The highest BCUT2D eigenvalue weighted by atomic mass is 16.5. The van der Waals surface area contributed by atoms with Gasteiger partial charge in [0.2, 0.25) is 0 Å². The highest BCUT2D eigenvalue weighted by molar-refractivity contribution is 5.76. The summed E-state index contributed by atoms with van der Waals surface area (Å²) in [6, 6.07) is -0.687. The van der Waals surface area contributed by atoms with E-state index in [1.54, 1.807) is 13.8 Å². The number of carboxylic acid groups (broad SMARTS) is 1. The molecule has 0 saturated carbocycles. The van der Waals surface area contributed by atoms with Crippen molar-refractivity contribution in [1.82, 2.24) is 4.90 Å². The normalized spacial score (nSPS) is 22.2. The van der Waals surface area contributed by atoms with Crippen LogP contribution in [0.4, 0.5) is 0 Å². The summed E-state index contributed by atoms with van der Waals surface area (Å²) in [5, 5.41) is 19.0. The van der Waals surface area contributed by atoms with E-state index in [0.717, 1.165) is 6.42 Å². The van der Waals surface area contributed by atoms with Crippen LogP contribution in [-0.4, -0.2) is 52.5 Å². The molecule has 0 radical (unpaired) electrons. The van der Waals surface area contributed by atoms with Gasteiger partial charge in [-0.15, -0.1) is 0 Å². The van der Waals surface area contributed by atoms with Gasteiger partial charge in [0.05, 0.1) is 5.41 Å².